The number of hydrazine groups is 1. The van der Waals surface area contributed by atoms with Crippen LogP contribution in [-0.4, -0.2) is 29.5 Å². The summed E-state index contributed by atoms with van der Waals surface area (Å²) in [5, 5.41) is 1.57. The predicted molar refractivity (Wildman–Crippen MR) is 82.6 cm³/mol. The standard InChI is InChI=1S/C15H31N3O2/c1-12(19)7-8-13(16)9-18(17)10-15(5,6)11-20-14(2,3)4/h9H,7-8,10-11,16-17H2,1-6H3/b13-9-. The molecule has 0 aromatic carbocycles. The molecule has 0 unspecified atom stereocenters. The van der Waals surface area contributed by atoms with Crippen molar-refractivity contribution in [2.75, 3.05) is 13.2 Å². The summed E-state index contributed by atoms with van der Waals surface area (Å²) in [6.45, 7) is 13.1. The smallest absolute Gasteiger partial charge is 0.130 e. The van der Waals surface area contributed by atoms with Gasteiger partial charge in [-0.2, -0.15) is 0 Å². The topological polar surface area (TPSA) is 81.6 Å². The molecule has 0 aromatic heterocycles. The lowest BCUT2D eigenvalue weighted by Crippen LogP contribution is -2.40. The van der Waals surface area contributed by atoms with E-state index in [1.54, 1.807) is 18.1 Å². The minimum absolute atomic E-state index is 0.0839. The molecule has 0 heterocycles. The largest absolute Gasteiger partial charge is 0.401 e. The molecule has 5 heteroatoms. The van der Waals surface area contributed by atoms with Crippen molar-refractivity contribution >= 4 is 5.78 Å². The first-order valence-electron chi connectivity index (χ1n) is 7.02. The fourth-order valence-electron chi connectivity index (χ4n) is 1.60. The number of nitrogens with zero attached hydrogens (tertiary/aromatic N) is 1. The number of nitrogens with two attached hydrogens (primary N) is 2. The molecule has 0 saturated carbocycles. The Kier molecular flexibility index (Phi) is 7.23. The molecule has 0 aliphatic rings. The first-order chi connectivity index (χ1) is 8.91. The maximum absolute atomic E-state index is 10.9. The normalized spacial score (nSPS) is 13.4. The van der Waals surface area contributed by atoms with E-state index in [-0.39, 0.29) is 16.8 Å². The Morgan fingerprint density at radius 1 is 1.20 bits per heavy atom. The Hall–Kier alpha value is -1.07. The van der Waals surface area contributed by atoms with Gasteiger partial charge in [-0.15, -0.1) is 0 Å². The van der Waals surface area contributed by atoms with E-state index in [1.165, 1.54) is 0 Å². The molecule has 0 aliphatic heterocycles. The fraction of sp³-hybridized carbons (Fsp3) is 0.800. The average molecular weight is 285 g/mol. The van der Waals surface area contributed by atoms with Gasteiger partial charge in [0, 0.05) is 30.3 Å². The molecule has 0 amide bonds. The highest BCUT2D eigenvalue weighted by Gasteiger charge is 2.23. The molecule has 0 fully saturated rings. The Morgan fingerprint density at radius 3 is 2.20 bits per heavy atom. The van der Waals surface area contributed by atoms with Crippen molar-refractivity contribution in [3.05, 3.63) is 11.9 Å². The second-order valence-corrected chi connectivity index (χ2v) is 7.14. The molecule has 0 radical (unpaired) electrons. The number of ketones is 1. The number of Topliss-reactive ketones (excluding diaryl/α,β-unsaturated/α-hetero) is 1. The summed E-state index contributed by atoms with van der Waals surface area (Å²) in [4.78, 5) is 10.9. The lowest BCUT2D eigenvalue weighted by atomic mass is 9.94. The number of hydrogen-bond donors (Lipinski definition) is 2. The van der Waals surface area contributed by atoms with Crippen LogP contribution in [0, 0.1) is 5.41 Å². The van der Waals surface area contributed by atoms with Gasteiger partial charge in [0.05, 0.1) is 12.2 Å². The fourth-order valence-corrected chi connectivity index (χ4v) is 1.60. The molecule has 20 heavy (non-hydrogen) atoms. The number of allylic oxidation sites excluding steroid dienone is 1. The molecule has 0 spiro atoms. The van der Waals surface area contributed by atoms with Crippen molar-refractivity contribution in [3.63, 3.8) is 0 Å². The zero-order valence-electron chi connectivity index (χ0n) is 13.8. The van der Waals surface area contributed by atoms with Gasteiger partial charge in [0.25, 0.3) is 0 Å². The van der Waals surface area contributed by atoms with Crippen LogP contribution in [0.2, 0.25) is 0 Å². The van der Waals surface area contributed by atoms with Crippen molar-refractivity contribution < 1.29 is 9.53 Å². The summed E-state index contributed by atoms with van der Waals surface area (Å²) in [6.07, 6.45) is 2.69. The monoisotopic (exact) mass is 285 g/mol. The third-order valence-electron chi connectivity index (χ3n) is 2.60. The molecule has 0 atom stereocenters. The predicted octanol–water partition coefficient (Wildman–Crippen LogP) is 2.17. The summed E-state index contributed by atoms with van der Waals surface area (Å²) >= 11 is 0. The number of carbonyl (C=O) groups excluding carboxylic acids is 1. The zero-order chi connectivity index (χ0) is 16.0. The van der Waals surface area contributed by atoms with Crippen molar-refractivity contribution in [1.29, 1.82) is 0 Å². The number of hydrogen-bond acceptors (Lipinski definition) is 5. The van der Waals surface area contributed by atoms with E-state index in [0.717, 1.165) is 0 Å². The Balaban J connectivity index is 4.32. The summed E-state index contributed by atoms with van der Waals surface area (Å²) in [5.41, 5.74) is 6.22. The second-order valence-electron chi connectivity index (χ2n) is 7.14. The highest BCUT2D eigenvalue weighted by atomic mass is 16.5. The Morgan fingerprint density at radius 2 is 1.75 bits per heavy atom. The molecule has 0 aliphatic carbocycles. The van der Waals surface area contributed by atoms with E-state index < -0.39 is 0 Å². The van der Waals surface area contributed by atoms with Crippen LogP contribution >= 0.6 is 0 Å². The Labute approximate surface area is 123 Å². The van der Waals surface area contributed by atoms with Crippen LogP contribution in [-0.2, 0) is 9.53 Å². The maximum atomic E-state index is 10.9. The van der Waals surface area contributed by atoms with Crippen LogP contribution in [0.25, 0.3) is 0 Å². The first-order valence-corrected chi connectivity index (χ1v) is 7.02. The van der Waals surface area contributed by atoms with Crippen LogP contribution < -0.4 is 11.6 Å². The molecule has 0 saturated heterocycles. The summed E-state index contributed by atoms with van der Waals surface area (Å²) in [6, 6.07) is 0. The van der Waals surface area contributed by atoms with Gasteiger partial charge in [-0.25, -0.2) is 5.84 Å². The second kappa shape index (κ2) is 7.64. The van der Waals surface area contributed by atoms with Crippen LogP contribution in [0.4, 0.5) is 0 Å². The van der Waals surface area contributed by atoms with Crippen molar-refractivity contribution in [3.8, 4) is 0 Å². The average Bonchev–Trinajstić information content (AvgIpc) is 2.22. The summed E-state index contributed by atoms with van der Waals surface area (Å²) in [7, 11) is 0. The molecule has 0 bridgehead atoms. The van der Waals surface area contributed by atoms with Crippen LogP contribution in [0.3, 0.4) is 0 Å². The van der Waals surface area contributed by atoms with Gasteiger partial charge in [0.15, 0.2) is 0 Å². The number of ether oxygens (including phenoxy) is 1. The van der Waals surface area contributed by atoms with Gasteiger partial charge in [-0.1, -0.05) is 13.8 Å². The maximum Gasteiger partial charge on any atom is 0.130 e. The van der Waals surface area contributed by atoms with E-state index in [1.807, 2.05) is 20.8 Å². The summed E-state index contributed by atoms with van der Waals surface area (Å²) < 4.78 is 5.80. The third-order valence-corrected chi connectivity index (χ3v) is 2.60. The van der Waals surface area contributed by atoms with Crippen LogP contribution in [0.5, 0.6) is 0 Å². The lowest BCUT2D eigenvalue weighted by Gasteiger charge is -2.32. The van der Waals surface area contributed by atoms with Gasteiger partial charge in [-0.3, -0.25) is 0 Å². The molecule has 5 nitrogen and oxygen atoms in total. The zero-order valence-corrected chi connectivity index (χ0v) is 13.8. The van der Waals surface area contributed by atoms with Crippen LogP contribution in [0.1, 0.15) is 54.4 Å². The molecular weight excluding hydrogens is 254 g/mol. The van der Waals surface area contributed by atoms with E-state index >= 15 is 0 Å². The first kappa shape index (κ1) is 18.9. The number of rotatable bonds is 8. The molecule has 4 N–H and O–H groups in total. The molecule has 0 aromatic rings. The number of carbonyl (C=O) groups is 1. The highest BCUT2D eigenvalue weighted by molar-refractivity contribution is 5.75. The Bertz CT molecular complexity index is 344. The molecule has 118 valence electrons. The quantitative estimate of drug-likeness (QED) is 0.527. The highest BCUT2D eigenvalue weighted by Crippen LogP contribution is 2.20. The van der Waals surface area contributed by atoms with E-state index in [2.05, 4.69) is 13.8 Å². The van der Waals surface area contributed by atoms with Crippen molar-refractivity contribution in [2.24, 2.45) is 17.0 Å². The molecular formula is C15H31N3O2. The SMILES string of the molecule is CC(=O)CC/C(N)=C/N(N)CC(C)(C)COC(C)(C)C. The minimum atomic E-state index is -0.160. The van der Waals surface area contributed by atoms with Crippen LogP contribution in [0.15, 0.2) is 11.9 Å². The molecule has 0 rings (SSSR count). The van der Waals surface area contributed by atoms with E-state index in [0.29, 0.717) is 31.7 Å². The third kappa shape index (κ3) is 10.8. The van der Waals surface area contributed by atoms with E-state index in [9.17, 15) is 4.79 Å². The van der Waals surface area contributed by atoms with Crippen molar-refractivity contribution in [2.45, 2.75) is 60.0 Å². The van der Waals surface area contributed by atoms with Gasteiger partial charge >= 0.3 is 0 Å². The summed E-state index contributed by atoms with van der Waals surface area (Å²) in [5.74, 6) is 6.07. The van der Waals surface area contributed by atoms with Gasteiger partial charge < -0.3 is 20.3 Å². The lowest BCUT2D eigenvalue weighted by molar-refractivity contribution is -0.116. The van der Waals surface area contributed by atoms with Gasteiger partial charge in [0.2, 0.25) is 0 Å². The van der Waals surface area contributed by atoms with Gasteiger partial charge in [0.1, 0.15) is 5.78 Å². The van der Waals surface area contributed by atoms with Crippen molar-refractivity contribution in [1.82, 2.24) is 5.01 Å². The van der Waals surface area contributed by atoms with E-state index in [4.69, 9.17) is 16.3 Å². The minimum Gasteiger partial charge on any atom is -0.401 e. The van der Waals surface area contributed by atoms with Gasteiger partial charge in [-0.05, 0) is 34.1 Å².